The smallest absolute Gasteiger partial charge is 0.276 e. The number of hydrazine groups is 1. The fourth-order valence-electron chi connectivity index (χ4n) is 1.60. The molecule has 0 bridgehead atoms. The van der Waals surface area contributed by atoms with Crippen LogP contribution in [0.3, 0.4) is 0 Å². The Kier molecular flexibility index (Phi) is 6.39. The number of ether oxygens (including phenoxy) is 2. The minimum absolute atomic E-state index is 0.211. The van der Waals surface area contributed by atoms with E-state index in [9.17, 15) is 14.0 Å². The Hall–Kier alpha value is -2.80. The van der Waals surface area contributed by atoms with Crippen molar-refractivity contribution in [2.45, 2.75) is 0 Å². The van der Waals surface area contributed by atoms with Gasteiger partial charge in [0.15, 0.2) is 13.2 Å². The molecule has 0 fully saturated rings. The summed E-state index contributed by atoms with van der Waals surface area (Å²) in [5, 5.41) is 0.553. The Balaban J connectivity index is 1.65. The van der Waals surface area contributed by atoms with E-state index >= 15 is 0 Å². The predicted octanol–water partition coefficient (Wildman–Crippen LogP) is 2.08. The largest absolute Gasteiger partial charge is 0.484 e. The standard InChI is InChI=1S/C16H14ClFN2O4/c17-11-4-6-13(7-5-11)23-9-15(21)19-20-16(22)10-24-14-3-1-2-12(18)8-14/h1-8H,9-10H2,(H,19,21)(H,20,22). The molecule has 2 aromatic rings. The van der Waals surface area contributed by atoms with Crippen molar-refractivity contribution in [1.82, 2.24) is 10.9 Å². The van der Waals surface area contributed by atoms with Crippen LogP contribution in [0.1, 0.15) is 0 Å². The zero-order valence-electron chi connectivity index (χ0n) is 12.4. The molecule has 2 N–H and O–H groups in total. The van der Waals surface area contributed by atoms with E-state index in [1.165, 1.54) is 18.2 Å². The predicted molar refractivity (Wildman–Crippen MR) is 85.1 cm³/mol. The van der Waals surface area contributed by atoms with Crippen LogP contribution in [0.2, 0.25) is 5.02 Å². The zero-order chi connectivity index (χ0) is 17.4. The molecule has 24 heavy (non-hydrogen) atoms. The summed E-state index contributed by atoms with van der Waals surface area (Å²) in [5.74, 6) is -0.943. The number of nitrogens with one attached hydrogen (secondary N) is 2. The third-order valence-corrected chi connectivity index (χ3v) is 2.94. The monoisotopic (exact) mass is 352 g/mol. The van der Waals surface area contributed by atoms with Gasteiger partial charge in [0.2, 0.25) is 0 Å². The lowest BCUT2D eigenvalue weighted by Crippen LogP contribution is -2.45. The van der Waals surface area contributed by atoms with Gasteiger partial charge in [0, 0.05) is 11.1 Å². The summed E-state index contributed by atoms with van der Waals surface area (Å²) >= 11 is 5.73. The highest BCUT2D eigenvalue weighted by Crippen LogP contribution is 2.15. The van der Waals surface area contributed by atoms with Crippen molar-refractivity contribution in [1.29, 1.82) is 0 Å². The number of halogens is 2. The second-order valence-corrected chi connectivity index (χ2v) is 5.02. The van der Waals surface area contributed by atoms with E-state index in [1.54, 1.807) is 24.3 Å². The Morgan fingerprint density at radius 1 is 0.917 bits per heavy atom. The van der Waals surface area contributed by atoms with E-state index in [4.69, 9.17) is 21.1 Å². The van der Waals surface area contributed by atoms with Crippen molar-refractivity contribution in [2.24, 2.45) is 0 Å². The fraction of sp³-hybridized carbons (Fsp3) is 0.125. The van der Waals surface area contributed by atoms with Gasteiger partial charge in [-0.25, -0.2) is 4.39 Å². The second-order valence-electron chi connectivity index (χ2n) is 4.58. The maximum Gasteiger partial charge on any atom is 0.276 e. The molecule has 2 aromatic carbocycles. The lowest BCUT2D eigenvalue weighted by Gasteiger charge is -2.09. The van der Waals surface area contributed by atoms with Gasteiger partial charge in [-0.05, 0) is 36.4 Å². The molecule has 0 radical (unpaired) electrons. The summed E-state index contributed by atoms with van der Waals surface area (Å²) < 4.78 is 23.2. The molecule has 2 amide bonds. The van der Waals surface area contributed by atoms with E-state index in [1.807, 2.05) is 0 Å². The molecule has 0 aliphatic rings. The van der Waals surface area contributed by atoms with Crippen molar-refractivity contribution < 1.29 is 23.5 Å². The molecule has 0 saturated heterocycles. The minimum atomic E-state index is -0.598. The molecule has 0 aromatic heterocycles. The van der Waals surface area contributed by atoms with Gasteiger partial charge in [-0.1, -0.05) is 17.7 Å². The van der Waals surface area contributed by atoms with Gasteiger partial charge in [-0.3, -0.25) is 20.4 Å². The van der Waals surface area contributed by atoms with E-state index in [0.29, 0.717) is 10.8 Å². The highest BCUT2D eigenvalue weighted by molar-refractivity contribution is 6.30. The molecule has 0 saturated carbocycles. The molecule has 2 rings (SSSR count). The molecular formula is C16H14ClFN2O4. The van der Waals surface area contributed by atoms with Gasteiger partial charge in [0.25, 0.3) is 11.8 Å². The van der Waals surface area contributed by atoms with E-state index in [-0.39, 0.29) is 19.0 Å². The molecule has 0 spiro atoms. The summed E-state index contributed by atoms with van der Waals surface area (Å²) in [5.41, 5.74) is 4.32. The normalized spacial score (nSPS) is 9.92. The third kappa shape index (κ3) is 6.13. The highest BCUT2D eigenvalue weighted by Gasteiger charge is 2.07. The molecule has 126 valence electrons. The van der Waals surface area contributed by atoms with Gasteiger partial charge in [-0.15, -0.1) is 0 Å². The van der Waals surface area contributed by atoms with Crippen LogP contribution >= 0.6 is 11.6 Å². The number of rotatable bonds is 6. The van der Waals surface area contributed by atoms with Crippen molar-refractivity contribution in [2.75, 3.05) is 13.2 Å². The van der Waals surface area contributed by atoms with Crippen LogP contribution in [0, 0.1) is 5.82 Å². The lowest BCUT2D eigenvalue weighted by atomic mass is 10.3. The van der Waals surface area contributed by atoms with Crippen molar-refractivity contribution in [3.8, 4) is 11.5 Å². The molecule has 0 aliphatic heterocycles. The number of hydrogen-bond donors (Lipinski definition) is 2. The minimum Gasteiger partial charge on any atom is -0.484 e. The first-order valence-electron chi connectivity index (χ1n) is 6.87. The van der Waals surface area contributed by atoms with Crippen molar-refractivity contribution >= 4 is 23.4 Å². The maximum atomic E-state index is 12.9. The fourth-order valence-corrected chi connectivity index (χ4v) is 1.72. The number of carbonyl (C=O) groups is 2. The third-order valence-electron chi connectivity index (χ3n) is 2.69. The van der Waals surface area contributed by atoms with E-state index in [2.05, 4.69) is 10.9 Å². The van der Waals surface area contributed by atoms with Gasteiger partial charge in [0.1, 0.15) is 17.3 Å². The zero-order valence-corrected chi connectivity index (χ0v) is 13.2. The average Bonchev–Trinajstić information content (AvgIpc) is 2.57. The van der Waals surface area contributed by atoms with Crippen LogP contribution in [0.25, 0.3) is 0 Å². The summed E-state index contributed by atoms with van der Waals surface area (Å²) in [7, 11) is 0. The number of hydrogen-bond acceptors (Lipinski definition) is 4. The van der Waals surface area contributed by atoms with Crippen LogP contribution in [-0.2, 0) is 9.59 Å². The number of amides is 2. The SMILES string of the molecule is O=C(COc1ccc(Cl)cc1)NNC(=O)COc1cccc(F)c1. The summed E-state index contributed by atoms with van der Waals surface area (Å²) in [6.07, 6.45) is 0. The first kappa shape index (κ1) is 17.6. The summed E-state index contributed by atoms with van der Waals surface area (Å²) in [6.45, 7) is -0.658. The van der Waals surface area contributed by atoms with E-state index < -0.39 is 17.6 Å². The van der Waals surface area contributed by atoms with Gasteiger partial charge in [0.05, 0.1) is 0 Å². The molecule has 0 aliphatic carbocycles. The second kappa shape index (κ2) is 8.73. The van der Waals surface area contributed by atoms with Crippen molar-refractivity contribution in [3.05, 3.63) is 59.4 Å². The van der Waals surface area contributed by atoms with Crippen LogP contribution in [0.5, 0.6) is 11.5 Å². The van der Waals surface area contributed by atoms with Crippen LogP contribution in [0.15, 0.2) is 48.5 Å². The molecule has 0 unspecified atom stereocenters. The highest BCUT2D eigenvalue weighted by atomic mass is 35.5. The van der Waals surface area contributed by atoms with Gasteiger partial charge >= 0.3 is 0 Å². The Bertz CT molecular complexity index is 709. The average molecular weight is 353 g/mol. The Morgan fingerprint density at radius 2 is 1.50 bits per heavy atom. The van der Waals surface area contributed by atoms with Crippen LogP contribution in [0.4, 0.5) is 4.39 Å². The van der Waals surface area contributed by atoms with Crippen LogP contribution < -0.4 is 20.3 Å². The first-order chi connectivity index (χ1) is 11.5. The summed E-state index contributed by atoms with van der Waals surface area (Å²) in [4.78, 5) is 23.1. The Morgan fingerprint density at radius 3 is 2.08 bits per heavy atom. The van der Waals surface area contributed by atoms with Gasteiger partial charge in [-0.2, -0.15) is 0 Å². The quantitative estimate of drug-likeness (QED) is 0.780. The van der Waals surface area contributed by atoms with Crippen molar-refractivity contribution in [3.63, 3.8) is 0 Å². The maximum absolute atomic E-state index is 12.9. The van der Waals surface area contributed by atoms with E-state index in [0.717, 1.165) is 6.07 Å². The molecule has 6 nitrogen and oxygen atoms in total. The number of benzene rings is 2. The topological polar surface area (TPSA) is 76.7 Å². The number of carbonyl (C=O) groups excluding carboxylic acids is 2. The molecule has 8 heteroatoms. The lowest BCUT2D eigenvalue weighted by molar-refractivity contribution is -0.131. The van der Waals surface area contributed by atoms with Gasteiger partial charge < -0.3 is 9.47 Å². The molecule has 0 heterocycles. The summed E-state index contributed by atoms with van der Waals surface area (Å²) in [6, 6.07) is 11.8. The van der Waals surface area contributed by atoms with Crippen LogP contribution in [-0.4, -0.2) is 25.0 Å². The Labute approximate surface area is 142 Å². The first-order valence-corrected chi connectivity index (χ1v) is 7.25. The molecular weight excluding hydrogens is 339 g/mol. The molecule has 0 atom stereocenters.